The van der Waals surface area contributed by atoms with Crippen LogP contribution in [0, 0.1) is 11.3 Å². The normalized spacial score (nSPS) is 30.6. The first kappa shape index (κ1) is 10.0. The Morgan fingerprint density at radius 1 is 1.69 bits per heavy atom. The van der Waals surface area contributed by atoms with E-state index in [-0.39, 0.29) is 6.03 Å². The van der Waals surface area contributed by atoms with Gasteiger partial charge in [0.05, 0.1) is 0 Å². The molecule has 4 heteroatoms. The van der Waals surface area contributed by atoms with Crippen LogP contribution in [-0.4, -0.2) is 29.4 Å². The lowest BCUT2D eigenvalue weighted by Crippen LogP contribution is -2.49. The molecule has 1 saturated heterocycles. The maximum atomic E-state index is 11.3. The number of nitrogens with zero attached hydrogens (tertiary/aromatic N) is 1. The monoisotopic (exact) mass is 183 g/mol. The largest absolute Gasteiger partial charge is 0.323 e. The molecule has 2 unspecified atom stereocenters. The molecular formula is C9H17N3O. The summed E-state index contributed by atoms with van der Waals surface area (Å²) in [6.07, 6.45) is 0.957. The van der Waals surface area contributed by atoms with E-state index in [0.29, 0.717) is 11.8 Å². The fourth-order valence-electron chi connectivity index (χ4n) is 1.67. The molecule has 0 aromatic carbocycles. The highest BCUT2D eigenvalue weighted by Crippen LogP contribution is 2.30. The third-order valence-electron chi connectivity index (χ3n) is 3.31. The van der Waals surface area contributed by atoms with Crippen molar-refractivity contribution in [2.75, 3.05) is 7.05 Å². The van der Waals surface area contributed by atoms with Gasteiger partial charge in [-0.05, 0) is 12.8 Å². The summed E-state index contributed by atoms with van der Waals surface area (Å²) >= 11 is 0. The lowest BCUT2D eigenvalue weighted by atomic mass is 9.84. The van der Waals surface area contributed by atoms with Crippen molar-refractivity contribution in [2.24, 2.45) is 5.92 Å². The molecule has 1 aliphatic rings. The minimum atomic E-state index is -0.453. The van der Waals surface area contributed by atoms with Crippen LogP contribution in [0.3, 0.4) is 0 Å². The van der Waals surface area contributed by atoms with Gasteiger partial charge in [-0.25, -0.2) is 4.79 Å². The number of amidine groups is 1. The quantitative estimate of drug-likeness (QED) is 0.668. The molecule has 1 aliphatic heterocycles. The second kappa shape index (κ2) is 3.01. The van der Waals surface area contributed by atoms with Crippen molar-refractivity contribution in [1.29, 1.82) is 5.41 Å². The Morgan fingerprint density at radius 2 is 2.23 bits per heavy atom. The zero-order valence-electron chi connectivity index (χ0n) is 8.64. The van der Waals surface area contributed by atoms with Gasteiger partial charge in [0.25, 0.3) is 0 Å². The highest BCUT2D eigenvalue weighted by molar-refractivity contribution is 6.08. The molecule has 2 N–H and O–H groups in total. The number of carbonyl (C=O) groups excluding carboxylic acids is 1. The summed E-state index contributed by atoms with van der Waals surface area (Å²) in [6, 6.07) is -0.173. The lowest BCUT2D eigenvalue weighted by molar-refractivity contribution is 0.169. The predicted octanol–water partition coefficient (Wildman–Crippen LogP) is 1.42. The highest BCUT2D eigenvalue weighted by Gasteiger charge is 2.47. The third-order valence-corrected chi connectivity index (χ3v) is 3.31. The van der Waals surface area contributed by atoms with Crippen LogP contribution < -0.4 is 5.32 Å². The smallest absolute Gasteiger partial charge is 0.315 e. The van der Waals surface area contributed by atoms with Crippen molar-refractivity contribution >= 4 is 11.9 Å². The SMILES string of the molecule is CCC(C)C1(C)C(=N)NC(=O)N1C. The predicted molar refractivity (Wildman–Crippen MR) is 51.9 cm³/mol. The Morgan fingerprint density at radius 3 is 2.54 bits per heavy atom. The molecule has 13 heavy (non-hydrogen) atoms. The van der Waals surface area contributed by atoms with E-state index in [1.165, 1.54) is 0 Å². The number of amides is 2. The number of nitrogens with one attached hydrogen (secondary N) is 2. The molecule has 4 nitrogen and oxygen atoms in total. The molecule has 1 heterocycles. The average Bonchev–Trinajstić information content (AvgIpc) is 2.30. The van der Waals surface area contributed by atoms with E-state index in [1.54, 1.807) is 11.9 Å². The molecule has 0 radical (unpaired) electrons. The fraction of sp³-hybridized carbons (Fsp3) is 0.778. The van der Waals surface area contributed by atoms with Gasteiger partial charge in [0.2, 0.25) is 0 Å². The summed E-state index contributed by atoms with van der Waals surface area (Å²) in [4.78, 5) is 12.9. The summed E-state index contributed by atoms with van der Waals surface area (Å²) in [5.41, 5.74) is -0.453. The molecular weight excluding hydrogens is 166 g/mol. The zero-order valence-corrected chi connectivity index (χ0v) is 8.64. The summed E-state index contributed by atoms with van der Waals surface area (Å²) in [6.45, 7) is 6.06. The first-order valence-electron chi connectivity index (χ1n) is 4.58. The maximum Gasteiger partial charge on any atom is 0.323 e. The van der Waals surface area contributed by atoms with E-state index < -0.39 is 5.54 Å². The Labute approximate surface area is 78.8 Å². The van der Waals surface area contributed by atoms with Gasteiger partial charge < -0.3 is 4.90 Å². The van der Waals surface area contributed by atoms with Gasteiger partial charge in [0, 0.05) is 7.05 Å². The molecule has 2 atom stereocenters. The van der Waals surface area contributed by atoms with Gasteiger partial charge in [0.15, 0.2) is 0 Å². The van der Waals surface area contributed by atoms with Gasteiger partial charge in [-0.1, -0.05) is 20.3 Å². The van der Waals surface area contributed by atoms with E-state index in [9.17, 15) is 4.79 Å². The van der Waals surface area contributed by atoms with E-state index in [0.717, 1.165) is 6.42 Å². The first-order valence-corrected chi connectivity index (χ1v) is 4.58. The molecule has 74 valence electrons. The Hall–Kier alpha value is -1.06. The van der Waals surface area contributed by atoms with Crippen LogP contribution in [0.5, 0.6) is 0 Å². The van der Waals surface area contributed by atoms with Crippen LogP contribution in [0.15, 0.2) is 0 Å². The Balaban J connectivity index is 3.00. The molecule has 0 aromatic heterocycles. The number of hydrogen-bond acceptors (Lipinski definition) is 2. The van der Waals surface area contributed by atoms with Crippen LogP contribution in [0.1, 0.15) is 27.2 Å². The minimum absolute atomic E-state index is 0.173. The van der Waals surface area contributed by atoms with Crippen LogP contribution in [0.2, 0.25) is 0 Å². The molecule has 0 saturated carbocycles. The number of hydrogen-bond donors (Lipinski definition) is 2. The Bertz CT molecular complexity index is 251. The van der Waals surface area contributed by atoms with Crippen LogP contribution in [-0.2, 0) is 0 Å². The summed E-state index contributed by atoms with van der Waals surface area (Å²) in [5.74, 6) is 0.610. The van der Waals surface area contributed by atoms with Crippen LogP contribution in [0.25, 0.3) is 0 Å². The second-order valence-electron chi connectivity index (χ2n) is 3.82. The number of urea groups is 1. The molecule has 0 spiro atoms. The molecule has 0 aliphatic carbocycles. The maximum absolute atomic E-state index is 11.3. The zero-order chi connectivity index (χ0) is 10.2. The van der Waals surface area contributed by atoms with E-state index >= 15 is 0 Å². The van der Waals surface area contributed by atoms with Crippen LogP contribution >= 0.6 is 0 Å². The highest BCUT2D eigenvalue weighted by atomic mass is 16.2. The van der Waals surface area contributed by atoms with Crippen molar-refractivity contribution in [2.45, 2.75) is 32.7 Å². The van der Waals surface area contributed by atoms with Crippen molar-refractivity contribution in [1.82, 2.24) is 10.2 Å². The Kier molecular flexibility index (Phi) is 2.32. The van der Waals surface area contributed by atoms with Gasteiger partial charge in [-0.2, -0.15) is 0 Å². The van der Waals surface area contributed by atoms with E-state index in [1.807, 2.05) is 6.92 Å². The second-order valence-corrected chi connectivity index (χ2v) is 3.82. The third kappa shape index (κ3) is 1.20. The topological polar surface area (TPSA) is 56.2 Å². The van der Waals surface area contributed by atoms with E-state index in [4.69, 9.17) is 5.41 Å². The van der Waals surface area contributed by atoms with Crippen molar-refractivity contribution in [3.63, 3.8) is 0 Å². The van der Waals surface area contributed by atoms with Crippen molar-refractivity contribution < 1.29 is 4.79 Å². The van der Waals surface area contributed by atoms with Gasteiger partial charge in [0.1, 0.15) is 11.4 Å². The van der Waals surface area contributed by atoms with Gasteiger partial charge in [-0.15, -0.1) is 0 Å². The molecule has 0 aromatic rings. The van der Waals surface area contributed by atoms with Crippen molar-refractivity contribution in [3.8, 4) is 0 Å². The summed E-state index contributed by atoms with van der Waals surface area (Å²) in [5, 5.41) is 10.3. The van der Waals surface area contributed by atoms with Crippen LogP contribution in [0.4, 0.5) is 4.79 Å². The lowest BCUT2D eigenvalue weighted by Gasteiger charge is -2.35. The fourth-order valence-corrected chi connectivity index (χ4v) is 1.67. The van der Waals surface area contributed by atoms with Crippen molar-refractivity contribution in [3.05, 3.63) is 0 Å². The van der Waals surface area contributed by atoms with Gasteiger partial charge >= 0.3 is 6.03 Å². The van der Waals surface area contributed by atoms with Gasteiger partial charge in [-0.3, -0.25) is 10.7 Å². The number of rotatable bonds is 2. The summed E-state index contributed by atoms with van der Waals surface area (Å²) in [7, 11) is 1.74. The number of carbonyl (C=O) groups is 1. The molecule has 1 fully saturated rings. The van der Waals surface area contributed by atoms with E-state index in [2.05, 4.69) is 19.2 Å². The summed E-state index contributed by atoms with van der Waals surface area (Å²) < 4.78 is 0. The standard InChI is InChI=1S/C9H17N3O/c1-5-6(2)9(3)7(10)11-8(13)12(9)4/h6H,5H2,1-4H3,(H2,10,11,13). The molecule has 0 bridgehead atoms. The minimum Gasteiger partial charge on any atom is -0.315 e. The molecule has 1 rings (SSSR count). The first-order chi connectivity index (χ1) is 5.94. The number of likely N-dealkylation sites (N-methyl/N-ethyl adjacent to an activating group) is 1. The average molecular weight is 183 g/mol. The molecule has 2 amide bonds.